The van der Waals surface area contributed by atoms with Crippen LogP contribution in [0.5, 0.6) is 0 Å². The van der Waals surface area contributed by atoms with Gasteiger partial charge in [-0.3, -0.25) is 0 Å². The van der Waals surface area contributed by atoms with E-state index in [1.807, 2.05) is 0 Å². The molecule has 5 nitrogen and oxygen atoms in total. The topological polar surface area (TPSA) is 90.9 Å². The van der Waals surface area contributed by atoms with Gasteiger partial charge in [-0.15, -0.1) is 0 Å². The summed E-state index contributed by atoms with van der Waals surface area (Å²) in [6.45, 7) is 1.40. The zero-order chi connectivity index (χ0) is 12.1. The Morgan fingerprint density at radius 2 is 2.31 bits per heavy atom. The minimum Gasteiger partial charge on any atom is -0.475 e. The fourth-order valence-electron chi connectivity index (χ4n) is 1.18. The minimum absolute atomic E-state index is 0.0432. The average Bonchev–Trinajstić information content (AvgIpc) is 2.59. The lowest BCUT2D eigenvalue weighted by atomic mass is 10.3. The predicted molar refractivity (Wildman–Crippen MR) is 59.7 cm³/mol. The molecule has 0 bridgehead atoms. The van der Waals surface area contributed by atoms with Gasteiger partial charge in [-0.05, 0) is 13.0 Å². The minimum atomic E-state index is -1.08. The molecule has 1 rings (SSSR count). The number of aryl methyl sites for hydroxylation is 1. The van der Waals surface area contributed by atoms with Crippen molar-refractivity contribution < 1.29 is 24.5 Å². The van der Waals surface area contributed by atoms with Gasteiger partial charge in [-0.25, -0.2) is 4.79 Å². The summed E-state index contributed by atoms with van der Waals surface area (Å²) in [4.78, 5) is 10.7. The standard InChI is InChI=1S/C10H14O5S/c1-6-2-8(15-9(6)10(13)14)5-16-4-7(12)3-11/h2,7,11-12H,3-5H2,1H3,(H,13,14). The highest BCUT2D eigenvalue weighted by Crippen LogP contribution is 2.19. The number of carboxylic acid groups (broad SMARTS) is 1. The number of rotatable bonds is 6. The quantitative estimate of drug-likeness (QED) is 0.690. The van der Waals surface area contributed by atoms with Crippen LogP contribution in [0.3, 0.4) is 0 Å². The molecule has 1 aromatic heterocycles. The Bertz CT molecular complexity index is 360. The number of aliphatic hydroxyl groups excluding tert-OH is 2. The third-order valence-electron chi connectivity index (χ3n) is 1.93. The third kappa shape index (κ3) is 3.55. The molecule has 1 atom stereocenters. The fraction of sp³-hybridized carbons (Fsp3) is 0.500. The lowest BCUT2D eigenvalue weighted by Crippen LogP contribution is -2.14. The highest BCUT2D eigenvalue weighted by molar-refractivity contribution is 7.98. The number of hydrogen-bond donors (Lipinski definition) is 3. The predicted octanol–water partition coefficient (Wildman–Crippen LogP) is 0.873. The van der Waals surface area contributed by atoms with Crippen molar-refractivity contribution in [2.45, 2.75) is 18.8 Å². The zero-order valence-electron chi connectivity index (χ0n) is 8.84. The maximum Gasteiger partial charge on any atom is 0.372 e. The van der Waals surface area contributed by atoms with Crippen LogP contribution in [0.1, 0.15) is 21.9 Å². The van der Waals surface area contributed by atoms with Crippen LogP contribution < -0.4 is 0 Å². The van der Waals surface area contributed by atoms with E-state index in [9.17, 15) is 4.79 Å². The van der Waals surface area contributed by atoms with E-state index in [1.165, 1.54) is 11.8 Å². The van der Waals surface area contributed by atoms with Gasteiger partial charge < -0.3 is 19.7 Å². The molecule has 0 amide bonds. The van der Waals surface area contributed by atoms with E-state index in [1.54, 1.807) is 13.0 Å². The van der Waals surface area contributed by atoms with Crippen molar-refractivity contribution in [3.63, 3.8) is 0 Å². The maximum atomic E-state index is 10.7. The molecule has 0 aliphatic heterocycles. The van der Waals surface area contributed by atoms with Crippen LogP contribution in [0.4, 0.5) is 0 Å². The fourth-order valence-corrected chi connectivity index (χ4v) is 2.02. The summed E-state index contributed by atoms with van der Waals surface area (Å²) in [5, 5.41) is 26.4. The average molecular weight is 246 g/mol. The number of carboxylic acids is 1. The van der Waals surface area contributed by atoms with Crippen LogP contribution >= 0.6 is 11.8 Å². The molecule has 6 heteroatoms. The molecule has 0 fully saturated rings. The molecule has 90 valence electrons. The van der Waals surface area contributed by atoms with E-state index in [2.05, 4.69) is 0 Å². The monoisotopic (exact) mass is 246 g/mol. The first-order valence-electron chi connectivity index (χ1n) is 4.74. The number of thioether (sulfide) groups is 1. The summed E-state index contributed by atoms with van der Waals surface area (Å²) in [6.07, 6.45) is -0.750. The molecule has 0 radical (unpaired) electrons. The molecule has 1 unspecified atom stereocenters. The summed E-state index contributed by atoms with van der Waals surface area (Å²) in [5.74, 6) is 0.302. The van der Waals surface area contributed by atoms with Crippen LogP contribution in [-0.4, -0.2) is 39.8 Å². The van der Waals surface area contributed by atoms with E-state index in [4.69, 9.17) is 19.7 Å². The largest absolute Gasteiger partial charge is 0.475 e. The lowest BCUT2D eigenvalue weighted by Gasteiger charge is -2.04. The van der Waals surface area contributed by atoms with Crippen molar-refractivity contribution in [2.75, 3.05) is 12.4 Å². The summed E-state index contributed by atoms with van der Waals surface area (Å²) < 4.78 is 5.13. The summed E-state index contributed by atoms with van der Waals surface area (Å²) in [6, 6.07) is 1.67. The zero-order valence-corrected chi connectivity index (χ0v) is 9.66. The van der Waals surface area contributed by atoms with Crippen LogP contribution in [0.25, 0.3) is 0 Å². The first-order valence-corrected chi connectivity index (χ1v) is 5.89. The molecule has 1 aromatic rings. The van der Waals surface area contributed by atoms with E-state index in [0.29, 0.717) is 22.8 Å². The van der Waals surface area contributed by atoms with Crippen molar-refractivity contribution in [3.05, 3.63) is 23.2 Å². The Morgan fingerprint density at radius 1 is 1.62 bits per heavy atom. The normalized spacial score (nSPS) is 12.7. The Balaban J connectivity index is 2.49. The summed E-state index contributed by atoms with van der Waals surface area (Å²) in [7, 11) is 0. The Morgan fingerprint density at radius 3 is 2.81 bits per heavy atom. The first-order chi connectivity index (χ1) is 7.54. The van der Waals surface area contributed by atoms with Crippen molar-refractivity contribution in [2.24, 2.45) is 0 Å². The van der Waals surface area contributed by atoms with Crippen molar-refractivity contribution >= 4 is 17.7 Å². The van der Waals surface area contributed by atoms with Gasteiger partial charge in [0.15, 0.2) is 0 Å². The van der Waals surface area contributed by atoms with E-state index in [0.717, 1.165) is 0 Å². The molecular weight excluding hydrogens is 232 g/mol. The van der Waals surface area contributed by atoms with Gasteiger partial charge in [-0.1, -0.05) is 0 Å². The first kappa shape index (κ1) is 13.1. The molecule has 0 saturated heterocycles. The number of aliphatic hydroxyl groups is 2. The molecule has 16 heavy (non-hydrogen) atoms. The van der Waals surface area contributed by atoms with Gasteiger partial charge in [0, 0.05) is 11.3 Å². The number of hydrogen-bond acceptors (Lipinski definition) is 5. The van der Waals surface area contributed by atoms with E-state index >= 15 is 0 Å². The third-order valence-corrected chi connectivity index (χ3v) is 3.04. The van der Waals surface area contributed by atoms with Crippen molar-refractivity contribution in [1.29, 1.82) is 0 Å². The van der Waals surface area contributed by atoms with E-state index in [-0.39, 0.29) is 12.4 Å². The smallest absolute Gasteiger partial charge is 0.372 e. The number of carbonyl (C=O) groups is 1. The maximum absolute atomic E-state index is 10.7. The lowest BCUT2D eigenvalue weighted by molar-refractivity contribution is 0.0659. The second-order valence-corrected chi connectivity index (χ2v) is 4.41. The number of aromatic carboxylic acids is 1. The molecule has 3 N–H and O–H groups in total. The Labute approximate surface area is 97.1 Å². The van der Waals surface area contributed by atoms with Gasteiger partial charge >= 0.3 is 5.97 Å². The van der Waals surface area contributed by atoms with Gasteiger partial charge in [0.1, 0.15) is 5.76 Å². The van der Waals surface area contributed by atoms with E-state index < -0.39 is 12.1 Å². The molecule has 0 aliphatic carbocycles. The molecule has 0 aromatic carbocycles. The highest BCUT2D eigenvalue weighted by atomic mass is 32.2. The SMILES string of the molecule is Cc1cc(CSCC(O)CO)oc1C(=O)O. The van der Waals surface area contributed by atoms with Crippen LogP contribution in [0.2, 0.25) is 0 Å². The summed E-state index contributed by atoms with van der Waals surface area (Å²) >= 11 is 1.38. The van der Waals surface area contributed by atoms with Crippen molar-refractivity contribution in [1.82, 2.24) is 0 Å². The van der Waals surface area contributed by atoms with Crippen LogP contribution in [-0.2, 0) is 5.75 Å². The van der Waals surface area contributed by atoms with Crippen LogP contribution in [0, 0.1) is 6.92 Å². The highest BCUT2D eigenvalue weighted by Gasteiger charge is 2.14. The van der Waals surface area contributed by atoms with Gasteiger partial charge in [0.2, 0.25) is 5.76 Å². The molecule has 0 aliphatic rings. The molecular formula is C10H14O5S. The molecule has 1 heterocycles. The van der Waals surface area contributed by atoms with Crippen molar-refractivity contribution in [3.8, 4) is 0 Å². The Kier molecular flexibility index (Phi) is 4.85. The molecule has 0 saturated carbocycles. The second-order valence-electron chi connectivity index (χ2n) is 3.38. The summed E-state index contributed by atoms with van der Waals surface area (Å²) in [5.41, 5.74) is 0.589. The molecule has 0 spiro atoms. The Hall–Kier alpha value is -0.980. The second kappa shape index (κ2) is 5.93. The van der Waals surface area contributed by atoms with Crippen LogP contribution in [0.15, 0.2) is 10.5 Å². The van der Waals surface area contributed by atoms with Gasteiger partial charge in [-0.2, -0.15) is 11.8 Å². The van der Waals surface area contributed by atoms with Gasteiger partial charge in [0.25, 0.3) is 0 Å². The van der Waals surface area contributed by atoms with Gasteiger partial charge in [0.05, 0.1) is 18.5 Å². The number of furan rings is 1.